The summed E-state index contributed by atoms with van der Waals surface area (Å²) in [6.45, 7) is 4.37. The Bertz CT molecular complexity index is 533. The summed E-state index contributed by atoms with van der Waals surface area (Å²) in [7, 11) is 0. The highest BCUT2D eigenvalue weighted by atomic mass is 32.2. The second-order valence-corrected chi connectivity index (χ2v) is 6.05. The maximum absolute atomic E-state index is 13.0. The zero-order chi connectivity index (χ0) is 16.9. The number of nitrogens with zero attached hydrogens (tertiary/aromatic N) is 1. The Morgan fingerprint density at radius 2 is 2.00 bits per heavy atom. The highest BCUT2D eigenvalue weighted by molar-refractivity contribution is 7.98. The van der Waals surface area contributed by atoms with E-state index in [1.807, 2.05) is 30.0 Å². The number of aromatic nitrogens is 1. The van der Waals surface area contributed by atoms with Gasteiger partial charge in [0.1, 0.15) is 5.82 Å². The van der Waals surface area contributed by atoms with E-state index >= 15 is 0 Å². The van der Waals surface area contributed by atoms with Gasteiger partial charge in [0.15, 0.2) is 0 Å². The fourth-order valence-electron chi connectivity index (χ4n) is 1.98. The summed E-state index contributed by atoms with van der Waals surface area (Å²) in [5.74, 6) is 0.982. The van der Waals surface area contributed by atoms with Crippen molar-refractivity contribution in [3.05, 3.63) is 65.7 Å². The van der Waals surface area contributed by atoms with Crippen LogP contribution >= 0.6 is 11.8 Å². The van der Waals surface area contributed by atoms with Gasteiger partial charge in [-0.3, -0.25) is 4.98 Å². The van der Waals surface area contributed by atoms with Gasteiger partial charge >= 0.3 is 0 Å². The maximum Gasteiger partial charge on any atom is 0.123 e. The minimum atomic E-state index is -0.248. The van der Waals surface area contributed by atoms with Crippen LogP contribution in [-0.2, 0) is 6.42 Å². The molecule has 1 atom stereocenters. The third-order valence-electron chi connectivity index (χ3n) is 3.21. The lowest BCUT2D eigenvalue weighted by atomic mass is 10.0. The summed E-state index contributed by atoms with van der Waals surface area (Å²) in [6.07, 6.45) is 6.27. The van der Waals surface area contributed by atoms with Crippen LogP contribution in [0.2, 0.25) is 0 Å². The van der Waals surface area contributed by atoms with E-state index in [9.17, 15) is 4.39 Å². The van der Waals surface area contributed by atoms with Gasteiger partial charge < -0.3 is 11.1 Å². The van der Waals surface area contributed by atoms with Crippen LogP contribution in [0.1, 0.15) is 24.1 Å². The molecule has 23 heavy (non-hydrogen) atoms. The summed E-state index contributed by atoms with van der Waals surface area (Å²) >= 11 is 1.88. The van der Waals surface area contributed by atoms with Gasteiger partial charge in [-0.15, -0.1) is 0 Å². The van der Waals surface area contributed by atoms with Gasteiger partial charge in [-0.1, -0.05) is 19.1 Å². The van der Waals surface area contributed by atoms with E-state index in [4.69, 9.17) is 5.73 Å². The molecule has 1 unspecified atom stereocenters. The molecule has 5 heteroatoms. The van der Waals surface area contributed by atoms with E-state index in [1.165, 1.54) is 17.9 Å². The monoisotopic (exact) mass is 335 g/mol. The van der Waals surface area contributed by atoms with Crippen molar-refractivity contribution in [3.8, 4) is 0 Å². The number of rotatable bonds is 7. The molecule has 1 aromatic carbocycles. The van der Waals surface area contributed by atoms with Crippen molar-refractivity contribution >= 4 is 11.8 Å². The van der Waals surface area contributed by atoms with Crippen LogP contribution in [0.5, 0.6) is 0 Å². The third kappa shape index (κ3) is 8.69. The summed E-state index contributed by atoms with van der Waals surface area (Å²) in [5.41, 5.74) is 7.93. The molecular formula is C18H26FN3S. The maximum atomic E-state index is 13.0. The molecule has 0 aliphatic rings. The van der Waals surface area contributed by atoms with E-state index in [0.29, 0.717) is 6.42 Å². The first-order valence-electron chi connectivity index (χ1n) is 7.77. The van der Waals surface area contributed by atoms with Crippen molar-refractivity contribution in [3.63, 3.8) is 0 Å². The molecule has 0 amide bonds. The Morgan fingerprint density at radius 3 is 2.61 bits per heavy atom. The standard InChI is InChI=1S/C13H13FN2.C5H13NS/c14-12-3-1-2-11(9-12)13(15)8-10-4-6-16-7-5-10;1-3-6-4-5-7-2/h1-7,9,13H,8,15H2;6H,3-5H2,1-2H3. The van der Waals surface area contributed by atoms with E-state index < -0.39 is 0 Å². The molecule has 0 aliphatic heterocycles. The molecule has 2 rings (SSSR count). The Morgan fingerprint density at radius 1 is 1.26 bits per heavy atom. The first-order chi connectivity index (χ1) is 11.2. The molecule has 0 saturated carbocycles. The van der Waals surface area contributed by atoms with Crippen LogP contribution in [0.15, 0.2) is 48.8 Å². The lowest BCUT2D eigenvalue weighted by Crippen LogP contribution is -2.15. The van der Waals surface area contributed by atoms with E-state index in [0.717, 1.165) is 24.2 Å². The molecule has 1 heterocycles. The highest BCUT2D eigenvalue weighted by Crippen LogP contribution is 2.16. The summed E-state index contributed by atoms with van der Waals surface area (Å²) < 4.78 is 13.0. The number of hydrogen-bond acceptors (Lipinski definition) is 4. The van der Waals surface area contributed by atoms with Crippen LogP contribution in [0.4, 0.5) is 4.39 Å². The Kier molecular flexibility index (Phi) is 10.3. The number of halogens is 1. The van der Waals surface area contributed by atoms with Crippen molar-refractivity contribution in [2.75, 3.05) is 25.1 Å². The van der Waals surface area contributed by atoms with Crippen LogP contribution in [0, 0.1) is 5.82 Å². The van der Waals surface area contributed by atoms with E-state index in [-0.39, 0.29) is 11.9 Å². The summed E-state index contributed by atoms with van der Waals surface area (Å²) in [4.78, 5) is 3.94. The Hall–Kier alpha value is -1.43. The van der Waals surface area contributed by atoms with Gasteiger partial charge in [0.05, 0.1) is 0 Å². The lowest BCUT2D eigenvalue weighted by Gasteiger charge is -2.11. The van der Waals surface area contributed by atoms with Crippen molar-refractivity contribution < 1.29 is 4.39 Å². The molecule has 0 bridgehead atoms. The van der Waals surface area contributed by atoms with Gasteiger partial charge in [-0.25, -0.2) is 4.39 Å². The Balaban J connectivity index is 0.000000322. The number of nitrogens with one attached hydrogen (secondary N) is 1. The average Bonchev–Trinajstić information content (AvgIpc) is 2.57. The van der Waals surface area contributed by atoms with Crippen molar-refractivity contribution in [1.82, 2.24) is 10.3 Å². The number of thioether (sulfide) groups is 1. The van der Waals surface area contributed by atoms with Crippen molar-refractivity contribution in [1.29, 1.82) is 0 Å². The number of nitrogens with two attached hydrogens (primary N) is 1. The fourth-order valence-corrected chi connectivity index (χ4v) is 2.33. The van der Waals surface area contributed by atoms with Crippen molar-refractivity contribution in [2.24, 2.45) is 5.73 Å². The normalized spacial score (nSPS) is 11.5. The number of hydrogen-bond donors (Lipinski definition) is 2. The smallest absolute Gasteiger partial charge is 0.123 e. The van der Waals surface area contributed by atoms with E-state index in [2.05, 4.69) is 23.5 Å². The van der Waals surface area contributed by atoms with Gasteiger partial charge in [0.25, 0.3) is 0 Å². The zero-order valence-electron chi connectivity index (χ0n) is 13.8. The van der Waals surface area contributed by atoms with Crippen LogP contribution < -0.4 is 11.1 Å². The molecular weight excluding hydrogens is 309 g/mol. The molecule has 0 spiro atoms. The third-order valence-corrected chi connectivity index (χ3v) is 3.83. The number of pyridine rings is 1. The second kappa shape index (κ2) is 12.0. The molecule has 3 nitrogen and oxygen atoms in total. The molecule has 1 aromatic heterocycles. The predicted molar refractivity (Wildman–Crippen MR) is 98.2 cm³/mol. The fraction of sp³-hybridized carbons (Fsp3) is 0.389. The van der Waals surface area contributed by atoms with Gasteiger partial charge in [-0.2, -0.15) is 11.8 Å². The SMILES string of the molecule is CCNCCSC.NC(Cc1ccncc1)c1cccc(F)c1. The highest BCUT2D eigenvalue weighted by Gasteiger charge is 2.07. The largest absolute Gasteiger partial charge is 0.324 e. The van der Waals surface area contributed by atoms with Gasteiger partial charge in [-0.05, 0) is 54.6 Å². The van der Waals surface area contributed by atoms with Crippen LogP contribution in [0.3, 0.4) is 0 Å². The average molecular weight is 335 g/mol. The summed E-state index contributed by atoms with van der Waals surface area (Å²) in [6, 6.07) is 10.1. The zero-order valence-corrected chi connectivity index (χ0v) is 14.7. The molecule has 0 aliphatic carbocycles. The van der Waals surface area contributed by atoms with Crippen LogP contribution in [-0.4, -0.2) is 30.1 Å². The predicted octanol–water partition coefficient (Wildman–Crippen LogP) is 3.42. The molecule has 3 N–H and O–H groups in total. The summed E-state index contributed by atoms with van der Waals surface area (Å²) in [5, 5.41) is 3.23. The van der Waals surface area contributed by atoms with Crippen LogP contribution in [0.25, 0.3) is 0 Å². The molecule has 0 radical (unpaired) electrons. The van der Waals surface area contributed by atoms with Crippen molar-refractivity contribution in [2.45, 2.75) is 19.4 Å². The first kappa shape index (κ1) is 19.6. The van der Waals surface area contributed by atoms with E-state index in [1.54, 1.807) is 18.5 Å². The first-order valence-corrected chi connectivity index (χ1v) is 9.16. The molecule has 0 saturated heterocycles. The topological polar surface area (TPSA) is 50.9 Å². The number of benzene rings is 1. The Labute approximate surface area is 142 Å². The lowest BCUT2D eigenvalue weighted by molar-refractivity contribution is 0.618. The molecule has 0 fully saturated rings. The molecule has 2 aromatic rings. The van der Waals surface area contributed by atoms with Gasteiger partial charge in [0, 0.05) is 30.7 Å². The minimum absolute atomic E-state index is 0.182. The quantitative estimate of drug-likeness (QED) is 0.761. The minimum Gasteiger partial charge on any atom is -0.324 e. The van der Waals surface area contributed by atoms with Gasteiger partial charge in [0.2, 0.25) is 0 Å². The second-order valence-electron chi connectivity index (χ2n) is 5.07. The molecule has 126 valence electrons.